The molecular formula is C23H31N5O3. The Morgan fingerprint density at radius 1 is 1.23 bits per heavy atom. The van der Waals surface area contributed by atoms with E-state index in [9.17, 15) is 14.7 Å². The number of aliphatic hydroxyl groups is 1. The fourth-order valence-corrected chi connectivity index (χ4v) is 3.10. The van der Waals surface area contributed by atoms with Gasteiger partial charge in [0.15, 0.2) is 0 Å². The molecule has 1 aliphatic rings. The van der Waals surface area contributed by atoms with E-state index in [1.165, 1.54) is 0 Å². The third-order valence-electron chi connectivity index (χ3n) is 5.14. The minimum Gasteiger partial charge on any atom is -0.394 e. The molecule has 6 N–H and O–H groups in total. The Morgan fingerprint density at radius 2 is 1.97 bits per heavy atom. The molecule has 2 amide bonds. The van der Waals surface area contributed by atoms with Gasteiger partial charge in [-0.1, -0.05) is 6.07 Å². The summed E-state index contributed by atoms with van der Waals surface area (Å²) in [6.07, 6.45) is 3.71. The Hall–Kier alpha value is -2.97. The van der Waals surface area contributed by atoms with E-state index < -0.39 is 5.54 Å². The first-order chi connectivity index (χ1) is 14.7. The predicted octanol–water partition coefficient (Wildman–Crippen LogP) is 1.82. The smallest absolute Gasteiger partial charge is 0.255 e. The molecule has 1 aliphatic carbocycles. The van der Waals surface area contributed by atoms with Gasteiger partial charge in [0.2, 0.25) is 0 Å². The van der Waals surface area contributed by atoms with E-state index >= 15 is 0 Å². The molecule has 8 nitrogen and oxygen atoms in total. The van der Waals surface area contributed by atoms with Crippen LogP contribution in [-0.4, -0.2) is 53.2 Å². The number of aliphatic hydroxyl groups excluding tert-OH is 1. The third kappa shape index (κ3) is 5.80. The summed E-state index contributed by atoms with van der Waals surface area (Å²) in [5.74, 6) is -0.0328. The second kappa shape index (κ2) is 9.45. The fourth-order valence-electron chi connectivity index (χ4n) is 3.10. The molecule has 1 heterocycles. The van der Waals surface area contributed by atoms with E-state index in [2.05, 4.69) is 20.9 Å². The van der Waals surface area contributed by atoms with E-state index in [4.69, 9.17) is 5.73 Å². The van der Waals surface area contributed by atoms with Crippen molar-refractivity contribution in [3.05, 3.63) is 47.2 Å². The van der Waals surface area contributed by atoms with Crippen molar-refractivity contribution in [3.8, 4) is 11.1 Å². The van der Waals surface area contributed by atoms with E-state index in [-0.39, 0.29) is 24.5 Å². The van der Waals surface area contributed by atoms with Crippen LogP contribution in [0.25, 0.3) is 11.1 Å². The molecule has 0 saturated heterocycles. The number of amides is 2. The molecule has 0 bridgehead atoms. The highest BCUT2D eigenvalue weighted by Gasteiger charge is 2.25. The number of nitrogens with zero attached hydrogens (tertiary/aromatic N) is 1. The number of carbonyl (C=O) groups excluding carboxylic acids is 2. The summed E-state index contributed by atoms with van der Waals surface area (Å²) >= 11 is 0. The maximum Gasteiger partial charge on any atom is 0.255 e. The zero-order chi connectivity index (χ0) is 22.6. The molecule has 31 heavy (non-hydrogen) atoms. The topological polar surface area (TPSA) is 129 Å². The van der Waals surface area contributed by atoms with Gasteiger partial charge in [-0.25, -0.2) is 4.98 Å². The van der Waals surface area contributed by atoms with Gasteiger partial charge in [-0.15, -0.1) is 0 Å². The Kier molecular flexibility index (Phi) is 6.92. The lowest BCUT2D eigenvalue weighted by Crippen LogP contribution is -2.37. The largest absolute Gasteiger partial charge is 0.394 e. The van der Waals surface area contributed by atoms with E-state index in [1.54, 1.807) is 18.3 Å². The molecule has 0 aliphatic heterocycles. The summed E-state index contributed by atoms with van der Waals surface area (Å²) in [5, 5.41) is 18.5. The van der Waals surface area contributed by atoms with Crippen LogP contribution in [-0.2, 0) is 0 Å². The van der Waals surface area contributed by atoms with Crippen molar-refractivity contribution in [1.82, 2.24) is 15.6 Å². The number of hydrogen-bond donors (Lipinski definition) is 5. The number of aromatic nitrogens is 1. The number of carbonyl (C=O) groups is 2. The number of nitrogens with one attached hydrogen (secondary N) is 3. The summed E-state index contributed by atoms with van der Waals surface area (Å²) in [7, 11) is 0. The molecule has 0 atom stereocenters. The fraction of sp³-hybridized carbons (Fsp3) is 0.435. The number of hydrogen-bond acceptors (Lipinski definition) is 6. The zero-order valence-electron chi connectivity index (χ0n) is 18.3. The summed E-state index contributed by atoms with van der Waals surface area (Å²) in [6.45, 7) is 6.11. The lowest BCUT2D eigenvalue weighted by atomic mass is 9.97. The highest BCUT2D eigenvalue weighted by atomic mass is 16.3. The van der Waals surface area contributed by atoms with Crippen LogP contribution >= 0.6 is 0 Å². The summed E-state index contributed by atoms with van der Waals surface area (Å²) < 4.78 is 0. The van der Waals surface area contributed by atoms with Crippen LogP contribution in [0.2, 0.25) is 0 Å². The van der Waals surface area contributed by atoms with Gasteiger partial charge in [0.05, 0.1) is 17.7 Å². The van der Waals surface area contributed by atoms with Crippen LogP contribution in [0.5, 0.6) is 0 Å². The lowest BCUT2D eigenvalue weighted by Gasteiger charge is -2.25. The number of nitrogens with two attached hydrogens (primary N) is 1. The van der Waals surface area contributed by atoms with Gasteiger partial charge in [0.25, 0.3) is 11.8 Å². The number of aryl methyl sites for hydroxylation is 1. The maximum atomic E-state index is 12.8. The number of rotatable bonds is 9. The summed E-state index contributed by atoms with van der Waals surface area (Å²) in [6, 6.07) is 7.55. The van der Waals surface area contributed by atoms with Gasteiger partial charge < -0.3 is 26.8 Å². The van der Waals surface area contributed by atoms with E-state index in [1.807, 2.05) is 32.9 Å². The van der Waals surface area contributed by atoms with Crippen molar-refractivity contribution in [1.29, 1.82) is 0 Å². The van der Waals surface area contributed by atoms with Crippen molar-refractivity contribution in [2.24, 2.45) is 5.73 Å². The molecule has 166 valence electrons. The highest BCUT2D eigenvalue weighted by Crippen LogP contribution is 2.29. The SMILES string of the molecule is Cc1ccc(C(=O)NC2CC2)cc1-c1cnc(NC(C)(C)CO)c(C(=O)NCCN)c1. The van der Waals surface area contributed by atoms with Gasteiger partial charge in [0.1, 0.15) is 5.82 Å². The summed E-state index contributed by atoms with van der Waals surface area (Å²) in [4.78, 5) is 29.8. The first-order valence-electron chi connectivity index (χ1n) is 10.5. The van der Waals surface area contributed by atoms with Crippen molar-refractivity contribution >= 4 is 17.6 Å². The lowest BCUT2D eigenvalue weighted by molar-refractivity contribution is 0.0944. The number of benzene rings is 1. The van der Waals surface area contributed by atoms with Gasteiger partial charge in [0, 0.05) is 36.5 Å². The molecule has 2 aromatic rings. The Labute approximate surface area is 182 Å². The number of anilines is 1. The summed E-state index contributed by atoms with van der Waals surface area (Å²) in [5.41, 5.74) is 8.31. The molecule has 8 heteroatoms. The molecule has 0 spiro atoms. The zero-order valence-corrected chi connectivity index (χ0v) is 18.3. The second-order valence-corrected chi connectivity index (χ2v) is 8.61. The molecule has 3 rings (SSSR count). The van der Waals surface area contributed by atoms with Crippen molar-refractivity contribution in [2.45, 2.75) is 45.2 Å². The Bertz CT molecular complexity index is 970. The van der Waals surface area contributed by atoms with Crippen LogP contribution < -0.4 is 21.7 Å². The second-order valence-electron chi connectivity index (χ2n) is 8.61. The van der Waals surface area contributed by atoms with Crippen LogP contribution in [0, 0.1) is 6.92 Å². The predicted molar refractivity (Wildman–Crippen MR) is 121 cm³/mol. The molecular weight excluding hydrogens is 394 g/mol. The van der Waals surface area contributed by atoms with Gasteiger partial charge in [-0.2, -0.15) is 0 Å². The minimum atomic E-state index is -0.659. The van der Waals surface area contributed by atoms with Crippen molar-refractivity contribution in [2.75, 3.05) is 25.0 Å². The van der Waals surface area contributed by atoms with E-state index in [0.29, 0.717) is 30.0 Å². The van der Waals surface area contributed by atoms with Gasteiger partial charge in [-0.05, 0) is 62.9 Å². The average Bonchev–Trinajstić information content (AvgIpc) is 3.56. The first kappa shape index (κ1) is 22.7. The highest BCUT2D eigenvalue weighted by molar-refractivity contribution is 6.00. The van der Waals surface area contributed by atoms with Crippen molar-refractivity contribution < 1.29 is 14.7 Å². The standard InChI is InChI=1S/C23H31N5O3/c1-14-4-5-15(21(30)27-17-6-7-17)10-18(14)16-11-19(22(31)25-9-8-24)20(26-12-16)28-23(2,3)13-29/h4-5,10-12,17,29H,6-9,13,24H2,1-3H3,(H,25,31)(H,26,28)(H,27,30). The molecule has 1 aromatic carbocycles. The molecule has 0 radical (unpaired) electrons. The Balaban J connectivity index is 1.99. The van der Waals surface area contributed by atoms with Crippen LogP contribution in [0.4, 0.5) is 5.82 Å². The van der Waals surface area contributed by atoms with Gasteiger partial charge >= 0.3 is 0 Å². The monoisotopic (exact) mass is 425 g/mol. The first-order valence-corrected chi connectivity index (χ1v) is 10.5. The molecule has 1 aromatic heterocycles. The molecule has 1 saturated carbocycles. The number of pyridine rings is 1. The van der Waals surface area contributed by atoms with E-state index in [0.717, 1.165) is 29.5 Å². The van der Waals surface area contributed by atoms with Crippen molar-refractivity contribution in [3.63, 3.8) is 0 Å². The van der Waals surface area contributed by atoms with Crippen LogP contribution in [0.15, 0.2) is 30.5 Å². The third-order valence-corrected chi connectivity index (χ3v) is 5.14. The minimum absolute atomic E-state index is 0.0967. The van der Waals surface area contributed by atoms with Crippen LogP contribution in [0.3, 0.4) is 0 Å². The van der Waals surface area contributed by atoms with Crippen LogP contribution in [0.1, 0.15) is 53.0 Å². The average molecular weight is 426 g/mol. The van der Waals surface area contributed by atoms with Gasteiger partial charge in [-0.3, -0.25) is 9.59 Å². The maximum absolute atomic E-state index is 12.8. The Morgan fingerprint density at radius 3 is 2.61 bits per heavy atom. The quantitative estimate of drug-likeness (QED) is 0.417. The molecule has 1 fully saturated rings. The molecule has 0 unspecified atom stereocenters. The normalized spacial score (nSPS) is 13.6.